The van der Waals surface area contributed by atoms with Gasteiger partial charge in [-0.15, -0.1) is 0 Å². The number of carbonyl (C=O) groups excluding carboxylic acids is 2. The first-order valence-corrected chi connectivity index (χ1v) is 16.4. The van der Waals surface area contributed by atoms with Crippen molar-refractivity contribution in [3.05, 3.63) is 39.9 Å². The fourth-order valence-corrected chi connectivity index (χ4v) is 9.32. The van der Waals surface area contributed by atoms with E-state index in [1.54, 1.807) is 6.92 Å². The van der Waals surface area contributed by atoms with Crippen molar-refractivity contribution in [1.29, 1.82) is 0 Å². The van der Waals surface area contributed by atoms with Crippen LogP contribution in [0.1, 0.15) is 114 Å². The summed E-state index contributed by atoms with van der Waals surface area (Å²) in [5.41, 5.74) is 2.11. The van der Waals surface area contributed by atoms with E-state index in [9.17, 15) is 14.4 Å². The highest BCUT2D eigenvalue weighted by molar-refractivity contribution is 5.99. The first kappa shape index (κ1) is 28.6. The van der Waals surface area contributed by atoms with E-state index in [1.807, 2.05) is 18.2 Å². The summed E-state index contributed by atoms with van der Waals surface area (Å²) < 4.78 is 1.49. The van der Waals surface area contributed by atoms with Crippen LogP contribution in [0.25, 0.3) is 10.9 Å². The highest BCUT2D eigenvalue weighted by Crippen LogP contribution is 2.61. The van der Waals surface area contributed by atoms with Crippen LogP contribution >= 0.6 is 0 Å². The molecule has 7 rings (SSSR count). The second-order valence-corrected chi connectivity index (χ2v) is 13.9. The molecule has 2 N–H and O–H groups in total. The van der Waals surface area contributed by atoms with Gasteiger partial charge >= 0.3 is 0 Å². The van der Waals surface area contributed by atoms with E-state index in [0.717, 1.165) is 49.1 Å². The first-order valence-electron chi connectivity index (χ1n) is 16.4. The number of amides is 2. The van der Waals surface area contributed by atoms with Crippen molar-refractivity contribution in [3.8, 4) is 0 Å². The molecule has 1 unspecified atom stereocenters. The van der Waals surface area contributed by atoms with Crippen molar-refractivity contribution >= 4 is 22.7 Å². The second-order valence-electron chi connectivity index (χ2n) is 13.9. The Morgan fingerprint density at radius 1 is 0.976 bits per heavy atom. The van der Waals surface area contributed by atoms with Crippen LogP contribution in [0.15, 0.2) is 23.0 Å². The molecule has 2 amide bonds. The number of nitrogens with zero attached hydrogens (tertiary/aromatic N) is 2. The molecule has 0 radical (unpaired) electrons. The smallest absolute Gasteiger partial charge is 0.262 e. The maximum atomic E-state index is 13.6. The average Bonchev–Trinajstić information content (AvgIpc) is 2.92. The molecule has 0 spiro atoms. The second kappa shape index (κ2) is 12.0. The summed E-state index contributed by atoms with van der Waals surface area (Å²) in [6, 6.07) is 5.84. The molecule has 1 aliphatic heterocycles. The van der Waals surface area contributed by atoms with Gasteiger partial charge in [0.2, 0.25) is 11.8 Å². The van der Waals surface area contributed by atoms with Gasteiger partial charge in [-0.2, -0.15) is 0 Å². The van der Waals surface area contributed by atoms with Crippen LogP contribution in [0, 0.1) is 30.1 Å². The Balaban J connectivity index is 0.951. The lowest BCUT2D eigenvalue weighted by Crippen LogP contribution is -2.54. The number of hydrogen-bond donors (Lipinski definition) is 2. The molecule has 1 aromatic heterocycles. The van der Waals surface area contributed by atoms with Crippen LogP contribution in [0.4, 0.5) is 0 Å². The number of aromatic nitrogens is 2. The van der Waals surface area contributed by atoms with Crippen LogP contribution in [0.5, 0.6) is 0 Å². The summed E-state index contributed by atoms with van der Waals surface area (Å²) in [6.45, 7) is 5.37. The third kappa shape index (κ3) is 5.89. The van der Waals surface area contributed by atoms with Crippen molar-refractivity contribution in [3.63, 3.8) is 0 Å². The van der Waals surface area contributed by atoms with Gasteiger partial charge in [0.1, 0.15) is 11.9 Å². The van der Waals surface area contributed by atoms with Gasteiger partial charge in [-0.3, -0.25) is 24.3 Å². The summed E-state index contributed by atoms with van der Waals surface area (Å²) in [5.74, 6) is 2.87. The topological polar surface area (TPSA) is 93.1 Å². The summed E-state index contributed by atoms with van der Waals surface area (Å²) in [7, 11) is 0. The van der Waals surface area contributed by atoms with Gasteiger partial charge in [0.25, 0.3) is 5.56 Å². The predicted molar refractivity (Wildman–Crippen MR) is 162 cm³/mol. The van der Waals surface area contributed by atoms with E-state index < -0.39 is 11.9 Å². The van der Waals surface area contributed by atoms with Crippen molar-refractivity contribution in [2.45, 2.75) is 122 Å². The molecule has 41 heavy (non-hydrogen) atoms. The van der Waals surface area contributed by atoms with E-state index >= 15 is 0 Å². The maximum absolute atomic E-state index is 13.6. The summed E-state index contributed by atoms with van der Waals surface area (Å²) in [4.78, 5) is 42.4. The molecule has 4 aliphatic carbocycles. The summed E-state index contributed by atoms with van der Waals surface area (Å²) in [5, 5.41) is 6.93. The molecule has 1 aromatic carbocycles. The number of nitrogens with one attached hydrogen (secondary N) is 2. The van der Waals surface area contributed by atoms with E-state index in [-0.39, 0.29) is 17.9 Å². The number of hydrogen-bond acceptors (Lipinski definition) is 5. The highest BCUT2D eigenvalue weighted by atomic mass is 16.2. The predicted octanol–water partition coefficient (Wildman–Crippen LogP) is 5.76. The SMILES string of the molecule is Cc1nc2cccc(CCCCCCCCNC(C)C34CC5CC(CC(C5)C3)C4)c2c(=O)n1[C@H]1CCC(=O)NC1=O. The summed E-state index contributed by atoms with van der Waals surface area (Å²) in [6.07, 6.45) is 17.6. The van der Waals surface area contributed by atoms with Gasteiger partial charge in [-0.1, -0.05) is 37.8 Å². The Hall–Kier alpha value is -2.54. The Morgan fingerprint density at radius 2 is 1.63 bits per heavy atom. The number of benzene rings is 1. The minimum atomic E-state index is -0.685. The van der Waals surface area contributed by atoms with E-state index in [0.29, 0.717) is 34.6 Å². The van der Waals surface area contributed by atoms with Crippen LogP contribution < -0.4 is 16.2 Å². The average molecular weight is 561 g/mol. The molecule has 1 saturated heterocycles. The van der Waals surface area contributed by atoms with E-state index in [1.165, 1.54) is 68.8 Å². The minimum Gasteiger partial charge on any atom is -0.314 e. The van der Waals surface area contributed by atoms with Crippen molar-refractivity contribution in [2.75, 3.05) is 6.54 Å². The molecule has 222 valence electrons. The first-order chi connectivity index (χ1) is 19.8. The normalized spacial score (nSPS) is 29.7. The number of rotatable bonds is 12. The van der Waals surface area contributed by atoms with Gasteiger partial charge in [0.05, 0.1) is 10.9 Å². The quantitative estimate of drug-likeness (QED) is 0.254. The molecule has 2 aromatic rings. The van der Waals surface area contributed by atoms with Gasteiger partial charge < -0.3 is 5.32 Å². The number of piperidine rings is 1. The molecule has 4 bridgehead atoms. The molecule has 2 heterocycles. The molecule has 5 fully saturated rings. The number of fused-ring (bicyclic) bond motifs is 1. The minimum absolute atomic E-state index is 0.173. The van der Waals surface area contributed by atoms with Crippen molar-refractivity contribution < 1.29 is 9.59 Å². The van der Waals surface area contributed by atoms with Crippen LogP contribution in [-0.2, 0) is 16.0 Å². The third-order valence-corrected chi connectivity index (χ3v) is 11.0. The van der Waals surface area contributed by atoms with Gasteiger partial charge in [-0.05, 0) is 119 Å². The van der Waals surface area contributed by atoms with E-state index in [4.69, 9.17) is 0 Å². The standard InChI is InChI=1S/C34H48N4O3/c1-22(34-19-24-16-25(20-34)18-26(17-24)21-34)35-15-8-6-4-3-5-7-10-27-11-9-12-28-31(27)33(41)38(23(2)36-28)29-13-14-30(39)37-32(29)40/h9,11-12,22,24-26,29,35H,3-8,10,13-21H2,1-2H3,(H,37,39,40)/t22?,24?,25?,26?,29-,34?/m0/s1. The number of carbonyl (C=O) groups is 2. The zero-order valence-electron chi connectivity index (χ0n) is 25.1. The van der Waals surface area contributed by atoms with E-state index in [2.05, 4.69) is 22.5 Å². The Labute approximate surface area is 244 Å². The fraction of sp³-hybridized carbons (Fsp3) is 0.706. The molecular weight excluding hydrogens is 512 g/mol. The lowest BCUT2D eigenvalue weighted by molar-refractivity contribution is -0.135. The molecule has 5 aliphatic rings. The largest absolute Gasteiger partial charge is 0.314 e. The van der Waals surface area contributed by atoms with Crippen LogP contribution in [0.2, 0.25) is 0 Å². The Morgan fingerprint density at radius 3 is 2.32 bits per heavy atom. The van der Waals surface area contributed by atoms with Gasteiger partial charge in [0, 0.05) is 12.5 Å². The van der Waals surface area contributed by atoms with Gasteiger partial charge in [-0.25, -0.2) is 4.98 Å². The lowest BCUT2D eigenvalue weighted by atomic mass is 9.48. The number of imide groups is 1. The molecular formula is C34H48N4O3. The lowest BCUT2D eigenvalue weighted by Gasteiger charge is -2.59. The number of aryl methyl sites for hydroxylation is 2. The molecule has 7 nitrogen and oxygen atoms in total. The Bertz CT molecular complexity index is 1310. The fourth-order valence-electron chi connectivity index (χ4n) is 9.32. The maximum Gasteiger partial charge on any atom is 0.262 e. The zero-order chi connectivity index (χ0) is 28.6. The van der Waals surface area contributed by atoms with Gasteiger partial charge in [0.15, 0.2) is 0 Å². The summed E-state index contributed by atoms with van der Waals surface area (Å²) >= 11 is 0. The number of unbranched alkanes of at least 4 members (excludes halogenated alkanes) is 5. The molecule has 2 atom stereocenters. The van der Waals surface area contributed by atoms with Crippen LogP contribution in [-0.4, -0.2) is 34.0 Å². The molecule has 7 heteroatoms. The van der Waals surface area contributed by atoms with Crippen molar-refractivity contribution in [2.24, 2.45) is 23.2 Å². The Kier molecular flexibility index (Phi) is 8.35. The molecule has 4 saturated carbocycles. The van der Waals surface area contributed by atoms with Crippen LogP contribution in [0.3, 0.4) is 0 Å². The monoisotopic (exact) mass is 560 g/mol. The highest BCUT2D eigenvalue weighted by Gasteiger charge is 2.52. The zero-order valence-corrected chi connectivity index (χ0v) is 25.1. The van der Waals surface area contributed by atoms with Crippen molar-refractivity contribution in [1.82, 2.24) is 20.2 Å². The third-order valence-electron chi connectivity index (χ3n) is 11.0.